The average molecular weight is 418 g/mol. The lowest BCUT2D eigenvalue weighted by Gasteiger charge is -2.15. The Labute approximate surface area is 172 Å². The van der Waals surface area contributed by atoms with Crippen LogP contribution in [-0.4, -0.2) is 37.6 Å². The molecule has 3 heterocycles. The maximum atomic E-state index is 12.9. The van der Waals surface area contributed by atoms with Crippen molar-refractivity contribution in [2.24, 2.45) is 0 Å². The summed E-state index contributed by atoms with van der Waals surface area (Å²) >= 11 is 0. The number of amides is 1. The molecule has 0 aromatic carbocycles. The topological polar surface area (TPSA) is 88.8 Å². The Morgan fingerprint density at radius 3 is 2.73 bits per heavy atom. The van der Waals surface area contributed by atoms with Crippen LogP contribution in [0.2, 0.25) is 0 Å². The third-order valence-corrected chi connectivity index (χ3v) is 4.37. The van der Waals surface area contributed by atoms with E-state index in [1.54, 1.807) is 30.5 Å². The molecule has 0 bridgehead atoms. The Bertz CT molecular complexity index is 1040. The zero-order valence-corrected chi connectivity index (χ0v) is 17.0. The molecular formula is C21H24F2N4O3. The third-order valence-electron chi connectivity index (χ3n) is 4.37. The van der Waals surface area contributed by atoms with E-state index in [0.29, 0.717) is 36.5 Å². The second-order valence-electron chi connectivity index (χ2n) is 7.50. The molecule has 160 valence electrons. The van der Waals surface area contributed by atoms with Crippen LogP contribution in [0.1, 0.15) is 55.5 Å². The van der Waals surface area contributed by atoms with Crippen molar-refractivity contribution in [1.82, 2.24) is 14.4 Å². The van der Waals surface area contributed by atoms with E-state index in [1.807, 2.05) is 13.1 Å². The quantitative estimate of drug-likeness (QED) is 0.577. The number of ether oxygens (including phenoxy) is 1. The summed E-state index contributed by atoms with van der Waals surface area (Å²) in [5, 5.41) is 12.6. The molecule has 0 radical (unpaired) electrons. The number of halogens is 2. The molecule has 1 amide bonds. The van der Waals surface area contributed by atoms with E-state index in [9.17, 15) is 18.7 Å². The Morgan fingerprint density at radius 2 is 2.07 bits per heavy atom. The summed E-state index contributed by atoms with van der Waals surface area (Å²) in [6, 6.07) is 5.59. The Balaban J connectivity index is 1.88. The Morgan fingerprint density at radius 1 is 1.30 bits per heavy atom. The summed E-state index contributed by atoms with van der Waals surface area (Å²) in [6.07, 6.45) is 1.82. The predicted octanol–water partition coefficient (Wildman–Crippen LogP) is 4.02. The van der Waals surface area contributed by atoms with Gasteiger partial charge >= 0.3 is 0 Å². The normalized spacial score (nSPS) is 11.8. The van der Waals surface area contributed by atoms with Gasteiger partial charge in [0.05, 0.1) is 17.9 Å². The lowest BCUT2D eigenvalue weighted by atomic mass is 10.0. The highest BCUT2D eigenvalue weighted by atomic mass is 19.3. The van der Waals surface area contributed by atoms with E-state index >= 15 is 0 Å². The number of aryl methyl sites for hydroxylation is 1. The van der Waals surface area contributed by atoms with Crippen LogP contribution in [0.3, 0.4) is 0 Å². The first-order valence-electron chi connectivity index (χ1n) is 9.59. The number of aliphatic hydroxyl groups is 1. The number of imidazole rings is 1. The molecule has 0 aliphatic heterocycles. The van der Waals surface area contributed by atoms with Crippen LogP contribution < -0.4 is 10.1 Å². The second kappa shape index (κ2) is 8.74. The number of hydrogen-bond donors (Lipinski definition) is 2. The number of aromatic nitrogens is 3. The van der Waals surface area contributed by atoms with Crippen LogP contribution in [0.25, 0.3) is 5.65 Å². The number of anilines is 1. The molecule has 0 spiro atoms. The van der Waals surface area contributed by atoms with Crippen molar-refractivity contribution in [1.29, 1.82) is 0 Å². The largest absolute Gasteiger partial charge is 0.491 e. The second-order valence-corrected chi connectivity index (χ2v) is 7.50. The lowest BCUT2D eigenvalue weighted by molar-refractivity contribution is 0.0711. The summed E-state index contributed by atoms with van der Waals surface area (Å²) in [5.41, 5.74) is 0.394. The molecule has 9 heteroatoms. The van der Waals surface area contributed by atoms with Crippen LogP contribution in [0.5, 0.6) is 5.75 Å². The average Bonchev–Trinajstić information content (AvgIpc) is 3.08. The van der Waals surface area contributed by atoms with E-state index in [2.05, 4.69) is 15.3 Å². The van der Waals surface area contributed by atoms with Gasteiger partial charge in [-0.05, 0) is 45.7 Å². The summed E-state index contributed by atoms with van der Waals surface area (Å²) < 4.78 is 33.1. The van der Waals surface area contributed by atoms with Crippen molar-refractivity contribution in [3.8, 4) is 5.75 Å². The molecule has 0 atom stereocenters. The van der Waals surface area contributed by atoms with Gasteiger partial charge in [-0.2, -0.15) is 0 Å². The standard InChI is InChI=1S/C21H24F2N4O3/c1-4-30-17-10-18-24-13(8-9-21(2,3)29)11-27(18)12-16(17)26-20(28)15-7-5-6-14(25-15)19(22)23/h5-7,10-12,19,29H,4,8-9H2,1-3H3,(H,26,28). The van der Waals surface area contributed by atoms with Gasteiger partial charge in [0.1, 0.15) is 28.5 Å². The molecule has 7 nitrogen and oxygen atoms in total. The number of alkyl halides is 2. The molecule has 2 N–H and O–H groups in total. The molecule has 3 rings (SSSR count). The highest BCUT2D eigenvalue weighted by Gasteiger charge is 2.17. The molecule has 0 fully saturated rings. The van der Waals surface area contributed by atoms with Crippen LogP contribution in [-0.2, 0) is 6.42 Å². The van der Waals surface area contributed by atoms with Gasteiger partial charge in [0.2, 0.25) is 0 Å². The Hall–Kier alpha value is -3.07. The van der Waals surface area contributed by atoms with E-state index in [-0.39, 0.29) is 5.69 Å². The first-order chi connectivity index (χ1) is 14.2. The summed E-state index contributed by atoms with van der Waals surface area (Å²) in [6.45, 7) is 5.65. The highest BCUT2D eigenvalue weighted by molar-refractivity contribution is 6.03. The number of nitrogens with zero attached hydrogens (tertiary/aromatic N) is 3. The first kappa shape index (κ1) is 21.6. The minimum atomic E-state index is -2.76. The van der Waals surface area contributed by atoms with Crippen LogP contribution in [0.4, 0.5) is 14.5 Å². The fourth-order valence-electron chi connectivity index (χ4n) is 2.88. The van der Waals surface area contributed by atoms with Gasteiger partial charge in [-0.25, -0.2) is 18.7 Å². The first-order valence-corrected chi connectivity index (χ1v) is 9.59. The molecule has 0 unspecified atom stereocenters. The SMILES string of the molecule is CCOc1cc2nc(CCC(C)(C)O)cn2cc1NC(=O)c1cccc(C(F)F)n1. The maximum absolute atomic E-state index is 12.9. The molecule has 30 heavy (non-hydrogen) atoms. The van der Waals surface area contributed by atoms with Gasteiger partial charge in [0.25, 0.3) is 12.3 Å². The van der Waals surface area contributed by atoms with Gasteiger partial charge in [-0.1, -0.05) is 6.07 Å². The lowest BCUT2D eigenvalue weighted by Crippen LogP contribution is -2.19. The highest BCUT2D eigenvalue weighted by Crippen LogP contribution is 2.28. The van der Waals surface area contributed by atoms with Crippen LogP contribution in [0, 0.1) is 0 Å². The monoisotopic (exact) mass is 418 g/mol. The van der Waals surface area contributed by atoms with Crippen molar-refractivity contribution in [2.75, 3.05) is 11.9 Å². The maximum Gasteiger partial charge on any atom is 0.280 e. The van der Waals surface area contributed by atoms with Gasteiger partial charge < -0.3 is 19.6 Å². The Kier molecular flexibility index (Phi) is 6.31. The summed E-state index contributed by atoms with van der Waals surface area (Å²) in [5.74, 6) is -0.219. The van der Waals surface area contributed by atoms with Crippen molar-refractivity contribution < 1.29 is 23.4 Å². The van der Waals surface area contributed by atoms with Crippen molar-refractivity contribution >= 4 is 17.2 Å². The molecular weight excluding hydrogens is 394 g/mol. The number of nitrogens with one attached hydrogen (secondary N) is 1. The summed E-state index contributed by atoms with van der Waals surface area (Å²) in [7, 11) is 0. The van der Waals surface area contributed by atoms with E-state index < -0.39 is 23.6 Å². The van der Waals surface area contributed by atoms with Gasteiger partial charge in [0.15, 0.2) is 0 Å². The third kappa shape index (κ3) is 5.29. The zero-order chi connectivity index (χ0) is 21.9. The molecule has 3 aromatic rings. The number of fused-ring (bicyclic) bond motifs is 1. The molecule has 0 saturated heterocycles. The van der Waals surface area contributed by atoms with Crippen LogP contribution >= 0.6 is 0 Å². The molecule has 0 aliphatic carbocycles. The van der Waals surface area contributed by atoms with Gasteiger partial charge in [0, 0.05) is 18.5 Å². The molecule has 0 saturated carbocycles. The zero-order valence-electron chi connectivity index (χ0n) is 17.0. The molecule has 3 aromatic heterocycles. The smallest absolute Gasteiger partial charge is 0.280 e. The van der Waals surface area contributed by atoms with Crippen molar-refractivity contribution in [2.45, 2.75) is 45.6 Å². The van der Waals surface area contributed by atoms with Gasteiger partial charge in [-0.3, -0.25) is 4.79 Å². The number of hydrogen-bond acceptors (Lipinski definition) is 5. The van der Waals surface area contributed by atoms with Crippen molar-refractivity contribution in [3.05, 3.63) is 53.7 Å². The minimum Gasteiger partial charge on any atom is -0.491 e. The summed E-state index contributed by atoms with van der Waals surface area (Å²) in [4.78, 5) is 20.8. The fraction of sp³-hybridized carbons (Fsp3) is 0.381. The van der Waals surface area contributed by atoms with Gasteiger partial charge in [-0.15, -0.1) is 0 Å². The van der Waals surface area contributed by atoms with Crippen LogP contribution in [0.15, 0.2) is 36.7 Å². The number of carbonyl (C=O) groups is 1. The van der Waals surface area contributed by atoms with E-state index in [0.717, 1.165) is 5.69 Å². The van der Waals surface area contributed by atoms with Crippen molar-refractivity contribution in [3.63, 3.8) is 0 Å². The molecule has 0 aliphatic rings. The number of pyridine rings is 2. The predicted molar refractivity (Wildman–Crippen MR) is 108 cm³/mol. The van der Waals surface area contributed by atoms with E-state index in [4.69, 9.17) is 4.74 Å². The fourth-order valence-corrected chi connectivity index (χ4v) is 2.88. The number of rotatable bonds is 8. The minimum absolute atomic E-state index is 0.119. The van der Waals surface area contributed by atoms with E-state index in [1.165, 1.54) is 18.2 Å². The number of carbonyl (C=O) groups excluding carboxylic acids is 1.